The highest BCUT2D eigenvalue weighted by Crippen LogP contribution is 2.21. The molecule has 0 amide bonds. The highest BCUT2D eigenvalue weighted by atomic mass is 15.2. The van der Waals surface area contributed by atoms with Crippen LogP contribution in [0, 0.1) is 5.41 Å². The van der Waals surface area contributed by atoms with E-state index in [9.17, 15) is 0 Å². The summed E-state index contributed by atoms with van der Waals surface area (Å²) in [6, 6.07) is 16.5. The Hall–Kier alpha value is -2.91. The number of hydrogen-bond acceptors (Lipinski definition) is 2. The van der Waals surface area contributed by atoms with E-state index < -0.39 is 0 Å². The van der Waals surface area contributed by atoms with Crippen LogP contribution < -0.4 is 0 Å². The maximum absolute atomic E-state index is 8.69. The Kier molecular flexibility index (Phi) is 4.27. The average molecular weight is 263 g/mol. The molecule has 0 atom stereocenters. The fourth-order valence-electron chi connectivity index (χ4n) is 1.78. The average Bonchev–Trinajstić information content (AvgIpc) is 2.48. The van der Waals surface area contributed by atoms with Crippen molar-refractivity contribution in [2.45, 2.75) is 6.92 Å². The summed E-state index contributed by atoms with van der Waals surface area (Å²) < 4.78 is 0. The first-order valence-corrected chi connectivity index (χ1v) is 6.06. The number of rotatable bonds is 3. The summed E-state index contributed by atoms with van der Waals surface area (Å²) in [5, 5.41) is 11.4. The van der Waals surface area contributed by atoms with Crippen LogP contribution in [0.3, 0.4) is 0 Å². The molecular weight excluding hydrogens is 250 g/mol. The Morgan fingerprint density at radius 3 is 2.35 bits per heavy atom. The number of amidine groups is 1. The molecule has 0 unspecified atom stereocenters. The normalized spacial score (nSPS) is 10.8. The molecule has 0 spiro atoms. The van der Waals surface area contributed by atoms with Crippen molar-refractivity contribution in [3.63, 3.8) is 0 Å². The van der Waals surface area contributed by atoms with Gasteiger partial charge in [-0.15, -0.1) is 0 Å². The van der Waals surface area contributed by atoms with Gasteiger partial charge in [0.15, 0.2) is 0 Å². The summed E-state index contributed by atoms with van der Waals surface area (Å²) in [5.41, 5.74) is 11.2. The third-order valence-electron chi connectivity index (χ3n) is 2.71. The summed E-state index contributed by atoms with van der Waals surface area (Å²) in [4.78, 5) is 7.22. The van der Waals surface area contributed by atoms with Crippen LogP contribution in [0.25, 0.3) is 10.4 Å². The highest BCUT2D eigenvalue weighted by molar-refractivity contribution is 6.05. The summed E-state index contributed by atoms with van der Waals surface area (Å²) in [7, 11) is 0. The highest BCUT2D eigenvalue weighted by Gasteiger charge is 2.05. The van der Waals surface area contributed by atoms with Crippen molar-refractivity contribution in [3.8, 4) is 0 Å². The van der Waals surface area contributed by atoms with Crippen molar-refractivity contribution in [1.82, 2.24) is 0 Å². The van der Waals surface area contributed by atoms with Crippen molar-refractivity contribution in [2.24, 2.45) is 10.1 Å². The minimum atomic E-state index is 0.293. The van der Waals surface area contributed by atoms with Gasteiger partial charge in [0.25, 0.3) is 0 Å². The van der Waals surface area contributed by atoms with Crippen molar-refractivity contribution in [2.75, 3.05) is 0 Å². The molecule has 0 aromatic heterocycles. The number of azide groups is 1. The lowest BCUT2D eigenvalue weighted by atomic mass is 10.1. The van der Waals surface area contributed by atoms with Crippen molar-refractivity contribution >= 4 is 17.2 Å². The second kappa shape index (κ2) is 6.31. The molecule has 5 nitrogen and oxygen atoms in total. The van der Waals surface area contributed by atoms with E-state index >= 15 is 0 Å². The second-order valence-corrected chi connectivity index (χ2v) is 4.13. The predicted molar refractivity (Wildman–Crippen MR) is 80.7 cm³/mol. The van der Waals surface area contributed by atoms with Crippen molar-refractivity contribution in [1.29, 1.82) is 5.41 Å². The molecule has 2 aromatic carbocycles. The lowest BCUT2D eigenvalue weighted by Gasteiger charge is -2.05. The number of hydrogen-bond donors (Lipinski definition) is 1. The maximum atomic E-state index is 8.69. The van der Waals surface area contributed by atoms with E-state index in [1.54, 1.807) is 13.0 Å². The third kappa shape index (κ3) is 3.10. The van der Waals surface area contributed by atoms with Gasteiger partial charge in [-0.25, -0.2) is 4.99 Å². The van der Waals surface area contributed by atoms with Crippen LogP contribution in [-0.4, -0.2) is 11.5 Å². The first-order valence-electron chi connectivity index (χ1n) is 6.06. The number of para-hydroxylation sites is 1. The van der Waals surface area contributed by atoms with E-state index in [4.69, 9.17) is 10.9 Å². The summed E-state index contributed by atoms with van der Waals surface area (Å²) >= 11 is 0. The van der Waals surface area contributed by atoms with Crippen LogP contribution in [0.5, 0.6) is 0 Å². The smallest absolute Gasteiger partial charge is 0.134 e. The van der Waals surface area contributed by atoms with Gasteiger partial charge in [-0.2, -0.15) is 0 Å². The van der Waals surface area contributed by atoms with Gasteiger partial charge in [0.1, 0.15) is 5.84 Å². The second-order valence-electron chi connectivity index (χ2n) is 4.13. The molecule has 0 radical (unpaired) electrons. The lowest BCUT2D eigenvalue weighted by Crippen LogP contribution is -1.97. The SMILES string of the molecule is CC(=N)c1ccccc1N=C(N=[N+]=[N-])c1ccccc1. The molecular formula is C15H13N5. The molecule has 98 valence electrons. The summed E-state index contributed by atoms with van der Waals surface area (Å²) in [6.07, 6.45) is 0. The van der Waals surface area contributed by atoms with Gasteiger partial charge >= 0.3 is 0 Å². The Morgan fingerprint density at radius 2 is 1.70 bits per heavy atom. The van der Waals surface area contributed by atoms with Crippen LogP contribution in [0.15, 0.2) is 64.7 Å². The summed E-state index contributed by atoms with van der Waals surface area (Å²) in [5.74, 6) is 0.293. The standard InChI is InChI=1S/C15H13N5/c1-11(16)13-9-5-6-10-14(13)18-15(19-20-17)12-7-3-2-4-8-12/h2-10,16H,1H3. The van der Waals surface area contributed by atoms with Crippen LogP contribution >= 0.6 is 0 Å². The van der Waals surface area contributed by atoms with Crippen LogP contribution in [-0.2, 0) is 0 Å². The topological polar surface area (TPSA) is 85.0 Å². The minimum absolute atomic E-state index is 0.293. The quantitative estimate of drug-likeness (QED) is 0.278. The zero-order valence-corrected chi connectivity index (χ0v) is 11.0. The number of benzene rings is 2. The Bertz CT molecular complexity index is 697. The predicted octanol–water partition coefficient (Wildman–Crippen LogP) is 4.46. The monoisotopic (exact) mass is 263 g/mol. The number of nitrogens with zero attached hydrogens (tertiary/aromatic N) is 4. The van der Waals surface area contributed by atoms with Gasteiger partial charge in [0.05, 0.1) is 5.69 Å². The van der Waals surface area contributed by atoms with Gasteiger partial charge in [0, 0.05) is 21.8 Å². The fraction of sp³-hybridized carbons (Fsp3) is 0.0667. The summed E-state index contributed by atoms with van der Waals surface area (Å²) in [6.45, 7) is 1.70. The molecule has 0 aliphatic heterocycles. The molecule has 0 bridgehead atoms. The van der Waals surface area contributed by atoms with Crippen molar-refractivity contribution < 1.29 is 0 Å². The van der Waals surface area contributed by atoms with Crippen molar-refractivity contribution in [3.05, 3.63) is 76.2 Å². The number of aliphatic imine (C=N–C) groups is 1. The van der Waals surface area contributed by atoms with E-state index in [1.165, 1.54) is 0 Å². The largest absolute Gasteiger partial charge is 0.305 e. The fourth-order valence-corrected chi connectivity index (χ4v) is 1.78. The lowest BCUT2D eigenvalue weighted by molar-refractivity contribution is 1.39. The van der Waals surface area contributed by atoms with E-state index in [0.717, 1.165) is 5.56 Å². The zero-order chi connectivity index (χ0) is 14.4. The molecule has 0 saturated heterocycles. The molecule has 2 aromatic rings. The van der Waals surface area contributed by atoms with E-state index in [2.05, 4.69) is 15.0 Å². The molecule has 2 rings (SSSR count). The molecule has 0 saturated carbocycles. The molecule has 0 aliphatic carbocycles. The first-order chi connectivity index (χ1) is 9.72. The zero-order valence-electron chi connectivity index (χ0n) is 11.0. The Labute approximate surface area is 116 Å². The Balaban J connectivity index is 2.56. The molecule has 5 heteroatoms. The van der Waals surface area contributed by atoms with Gasteiger partial charge in [0.2, 0.25) is 0 Å². The Morgan fingerprint density at radius 1 is 1.05 bits per heavy atom. The van der Waals surface area contributed by atoms with Crippen LogP contribution in [0.4, 0.5) is 5.69 Å². The first kappa shape index (κ1) is 13.5. The van der Waals surface area contributed by atoms with Gasteiger partial charge in [-0.1, -0.05) is 48.5 Å². The molecule has 1 N–H and O–H groups in total. The maximum Gasteiger partial charge on any atom is 0.134 e. The molecule has 0 heterocycles. The third-order valence-corrected chi connectivity index (χ3v) is 2.71. The van der Waals surface area contributed by atoms with Crippen LogP contribution in [0.1, 0.15) is 18.1 Å². The van der Waals surface area contributed by atoms with E-state index in [0.29, 0.717) is 22.8 Å². The van der Waals surface area contributed by atoms with Crippen LogP contribution in [0.2, 0.25) is 0 Å². The number of nitrogens with one attached hydrogen (secondary N) is 1. The van der Waals surface area contributed by atoms with Gasteiger partial charge < -0.3 is 5.41 Å². The minimum Gasteiger partial charge on any atom is -0.305 e. The molecule has 0 fully saturated rings. The van der Waals surface area contributed by atoms with Gasteiger partial charge in [-0.3, -0.25) is 0 Å². The molecule has 20 heavy (non-hydrogen) atoms. The molecule has 0 aliphatic rings. The van der Waals surface area contributed by atoms with Gasteiger partial charge in [-0.05, 0) is 23.6 Å². The van der Waals surface area contributed by atoms with E-state index in [1.807, 2.05) is 48.5 Å². The van der Waals surface area contributed by atoms with E-state index in [-0.39, 0.29) is 0 Å².